The monoisotopic (exact) mass is 530 g/mol. The maximum atomic E-state index is 13.0. The van der Waals surface area contributed by atoms with E-state index < -0.39 is 17.8 Å². The van der Waals surface area contributed by atoms with Crippen molar-refractivity contribution in [1.82, 2.24) is 5.32 Å². The molecule has 0 saturated carbocycles. The molecule has 0 aliphatic carbocycles. The third-order valence-electron chi connectivity index (χ3n) is 4.65. The molecule has 3 rings (SSSR count). The average Bonchev–Trinajstić information content (AvgIpc) is 2.82. The lowest BCUT2D eigenvalue weighted by molar-refractivity contribution is 0.0599. The van der Waals surface area contributed by atoms with Crippen molar-refractivity contribution < 1.29 is 28.6 Å². The number of methoxy groups -OCH3 is 3. The SMILES string of the molecule is COC(=O)c1cc(NC(=S)NC(=O)c2cc3ccccc3c(Br)c2OC)cc(C(=O)OC)c1. The second-order valence-corrected chi connectivity index (χ2v) is 7.88. The first-order valence-corrected chi connectivity index (χ1v) is 10.7. The number of esters is 2. The van der Waals surface area contributed by atoms with E-state index in [1.165, 1.54) is 39.5 Å². The molecule has 2 N–H and O–H groups in total. The molecule has 33 heavy (non-hydrogen) atoms. The summed E-state index contributed by atoms with van der Waals surface area (Å²) in [4.78, 5) is 36.9. The van der Waals surface area contributed by atoms with Gasteiger partial charge in [0.1, 0.15) is 5.75 Å². The molecule has 10 heteroatoms. The summed E-state index contributed by atoms with van der Waals surface area (Å²) in [6.07, 6.45) is 0. The summed E-state index contributed by atoms with van der Waals surface area (Å²) < 4.78 is 15.5. The van der Waals surface area contributed by atoms with E-state index in [1.54, 1.807) is 6.07 Å². The van der Waals surface area contributed by atoms with Gasteiger partial charge in [0.25, 0.3) is 5.91 Å². The van der Waals surface area contributed by atoms with E-state index in [1.807, 2.05) is 24.3 Å². The number of halogens is 1. The molecule has 0 fully saturated rings. The zero-order chi connectivity index (χ0) is 24.1. The van der Waals surface area contributed by atoms with Crippen molar-refractivity contribution >= 4 is 67.6 Å². The molecule has 0 aromatic heterocycles. The van der Waals surface area contributed by atoms with Crippen LogP contribution in [0, 0.1) is 0 Å². The molecule has 0 saturated heterocycles. The van der Waals surface area contributed by atoms with Crippen molar-refractivity contribution in [3.8, 4) is 5.75 Å². The highest BCUT2D eigenvalue weighted by molar-refractivity contribution is 9.10. The quantitative estimate of drug-likeness (QED) is 0.371. The highest BCUT2D eigenvalue weighted by atomic mass is 79.9. The summed E-state index contributed by atoms with van der Waals surface area (Å²) in [6, 6.07) is 13.4. The van der Waals surface area contributed by atoms with Crippen molar-refractivity contribution in [3.63, 3.8) is 0 Å². The topological polar surface area (TPSA) is 103 Å². The largest absolute Gasteiger partial charge is 0.495 e. The van der Waals surface area contributed by atoms with Crippen LogP contribution in [0.5, 0.6) is 5.75 Å². The Labute approximate surface area is 203 Å². The molecular formula is C23H19BrN2O6S. The molecule has 0 radical (unpaired) electrons. The second-order valence-electron chi connectivity index (χ2n) is 6.68. The van der Waals surface area contributed by atoms with Crippen LogP contribution in [0.4, 0.5) is 5.69 Å². The van der Waals surface area contributed by atoms with Gasteiger partial charge in [0.15, 0.2) is 5.11 Å². The average molecular weight is 531 g/mol. The van der Waals surface area contributed by atoms with Crippen LogP contribution in [-0.4, -0.2) is 44.3 Å². The van der Waals surface area contributed by atoms with Crippen LogP contribution < -0.4 is 15.4 Å². The summed E-state index contributed by atoms with van der Waals surface area (Å²) in [5, 5.41) is 7.06. The predicted octanol–water partition coefficient (Wildman–Crippen LogP) is 4.31. The lowest BCUT2D eigenvalue weighted by Crippen LogP contribution is -2.34. The molecule has 3 aromatic rings. The number of carbonyl (C=O) groups excluding carboxylic acids is 3. The summed E-state index contributed by atoms with van der Waals surface area (Å²) in [7, 11) is 3.91. The summed E-state index contributed by atoms with van der Waals surface area (Å²) >= 11 is 8.76. The Morgan fingerprint density at radius 2 is 1.52 bits per heavy atom. The minimum Gasteiger partial charge on any atom is -0.495 e. The van der Waals surface area contributed by atoms with Gasteiger partial charge < -0.3 is 19.5 Å². The standard InChI is InChI=1S/C23H19BrN2O6S/c1-30-19-17(11-12-6-4-5-7-16(12)18(19)24)20(27)26-23(33)25-15-9-13(21(28)31-2)8-14(10-15)22(29)32-3/h4-11H,1-3H3,(H2,25,26,27,33). The Bertz CT molecular complexity index is 1240. The number of anilines is 1. The van der Waals surface area contributed by atoms with Gasteiger partial charge in [-0.25, -0.2) is 9.59 Å². The molecule has 0 bridgehead atoms. The fraction of sp³-hybridized carbons (Fsp3) is 0.130. The van der Waals surface area contributed by atoms with Gasteiger partial charge in [-0.2, -0.15) is 0 Å². The Kier molecular flexibility index (Phi) is 7.62. The number of rotatable bonds is 5. The van der Waals surface area contributed by atoms with Gasteiger partial charge in [0.05, 0.1) is 42.5 Å². The first-order valence-electron chi connectivity index (χ1n) is 9.48. The summed E-state index contributed by atoms with van der Waals surface area (Å²) in [5.41, 5.74) is 0.773. The lowest BCUT2D eigenvalue weighted by atomic mass is 10.1. The molecule has 8 nitrogen and oxygen atoms in total. The summed E-state index contributed by atoms with van der Waals surface area (Å²) in [6.45, 7) is 0. The lowest BCUT2D eigenvalue weighted by Gasteiger charge is -2.15. The second kappa shape index (κ2) is 10.4. The fourth-order valence-corrected chi connectivity index (χ4v) is 4.10. The van der Waals surface area contributed by atoms with Gasteiger partial charge >= 0.3 is 11.9 Å². The molecule has 3 aromatic carbocycles. The molecule has 0 heterocycles. The number of thiocarbonyl (C=S) groups is 1. The number of fused-ring (bicyclic) bond motifs is 1. The number of hydrogen-bond acceptors (Lipinski definition) is 7. The van der Waals surface area contributed by atoms with Crippen molar-refractivity contribution in [3.05, 3.63) is 69.7 Å². The van der Waals surface area contributed by atoms with Crippen LogP contribution in [0.2, 0.25) is 0 Å². The maximum absolute atomic E-state index is 13.0. The Morgan fingerprint density at radius 3 is 2.09 bits per heavy atom. The van der Waals surface area contributed by atoms with Crippen molar-refractivity contribution in [2.45, 2.75) is 0 Å². The van der Waals surface area contributed by atoms with Crippen LogP contribution in [0.15, 0.2) is 53.0 Å². The van der Waals surface area contributed by atoms with Crippen LogP contribution in [-0.2, 0) is 9.47 Å². The van der Waals surface area contributed by atoms with Crippen LogP contribution in [0.1, 0.15) is 31.1 Å². The summed E-state index contributed by atoms with van der Waals surface area (Å²) in [5.74, 6) is -1.45. The number of amides is 1. The highest BCUT2D eigenvalue weighted by Crippen LogP contribution is 2.36. The molecule has 0 spiro atoms. The number of hydrogen-bond donors (Lipinski definition) is 2. The maximum Gasteiger partial charge on any atom is 0.337 e. The van der Waals surface area contributed by atoms with E-state index >= 15 is 0 Å². The Morgan fingerprint density at radius 1 is 0.909 bits per heavy atom. The smallest absolute Gasteiger partial charge is 0.337 e. The number of carbonyl (C=O) groups is 3. The third kappa shape index (κ3) is 5.29. The van der Waals surface area contributed by atoms with E-state index in [0.717, 1.165) is 10.8 Å². The highest BCUT2D eigenvalue weighted by Gasteiger charge is 2.20. The normalized spacial score (nSPS) is 10.3. The van der Waals surface area contributed by atoms with Gasteiger partial charge in [-0.05, 0) is 63.2 Å². The Hall–Kier alpha value is -3.50. The Balaban J connectivity index is 1.87. The molecule has 0 unspecified atom stereocenters. The van der Waals surface area contributed by atoms with Crippen LogP contribution in [0.3, 0.4) is 0 Å². The minimum absolute atomic E-state index is 0.0517. The van der Waals surface area contributed by atoms with Crippen molar-refractivity contribution in [2.75, 3.05) is 26.6 Å². The minimum atomic E-state index is -0.649. The van der Waals surface area contributed by atoms with E-state index in [9.17, 15) is 14.4 Å². The molecule has 170 valence electrons. The number of nitrogens with one attached hydrogen (secondary N) is 2. The van der Waals surface area contributed by atoms with Crippen molar-refractivity contribution in [1.29, 1.82) is 0 Å². The first-order chi connectivity index (χ1) is 15.8. The van der Waals surface area contributed by atoms with Crippen LogP contribution >= 0.6 is 28.1 Å². The van der Waals surface area contributed by atoms with Gasteiger partial charge in [-0.1, -0.05) is 24.3 Å². The van der Waals surface area contributed by atoms with Gasteiger partial charge in [-0.15, -0.1) is 0 Å². The van der Waals surface area contributed by atoms with Crippen molar-refractivity contribution in [2.24, 2.45) is 0 Å². The third-order valence-corrected chi connectivity index (χ3v) is 5.64. The van der Waals surface area contributed by atoms with E-state index in [-0.39, 0.29) is 27.5 Å². The number of ether oxygens (including phenoxy) is 3. The molecule has 0 aliphatic rings. The van der Waals surface area contributed by atoms with E-state index in [2.05, 4.69) is 26.6 Å². The van der Waals surface area contributed by atoms with Gasteiger partial charge in [-0.3, -0.25) is 10.1 Å². The van der Waals surface area contributed by atoms with E-state index in [4.69, 9.17) is 26.4 Å². The zero-order valence-electron chi connectivity index (χ0n) is 17.9. The molecule has 0 atom stereocenters. The van der Waals surface area contributed by atoms with Gasteiger partial charge in [0, 0.05) is 5.69 Å². The molecular weight excluding hydrogens is 512 g/mol. The van der Waals surface area contributed by atoms with Gasteiger partial charge in [0.2, 0.25) is 0 Å². The first kappa shape index (κ1) is 24.1. The molecule has 0 aliphatic heterocycles. The van der Waals surface area contributed by atoms with Crippen LogP contribution in [0.25, 0.3) is 10.8 Å². The zero-order valence-corrected chi connectivity index (χ0v) is 20.3. The molecule has 1 amide bonds. The predicted molar refractivity (Wildman–Crippen MR) is 131 cm³/mol. The number of benzene rings is 3. The van der Waals surface area contributed by atoms with E-state index in [0.29, 0.717) is 10.2 Å². The fourth-order valence-electron chi connectivity index (χ4n) is 3.16.